The minimum Gasteiger partial charge on any atom is -0.490 e. The van der Waals surface area contributed by atoms with Crippen molar-refractivity contribution in [1.29, 1.82) is 0 Å². The number of hydrogen-bond acceptors (Lipinski definition) is 3. The molecular formula is C11H15BrN2O. The summed E-state index contributed by atoms with van der Waals surface area (Å²) < 4.78 is 6.67. The zero-order chi connectivity index (χ0) is 10.7. The molecule has 0 aliphatic carbocycles. The van der Waals surface area contributed by atoms with Crippen molar-refractivity contribution in [1.82, 2.24) is 10.3 Å². The third kappa shape index (κ3) is 2.92. The second-order valence-corrected chi connectivity index (χ2v) is 4.70. The van der Waals surface area contributed by atoms with E-state index in [0.717, 1.165) is 29.1 Å². The maximum atomic E-state index is 5.67. The number of hydrogen-bond donors (Lipinski definition) is 1. The fourth-order valence-corrected chi connectivity index (χ4v) is 1.99. The van der Waals surface area contributed by atoms with Crippen LogP contribution in [0.3, 0.4) is 0 Å². The van der Waals surface area contributed by atoms with Gasteiger partial charge < -0.3 is 10.1 Å². The Morgan fingerprint density at radius 2 is 2.53 bits per heavy atom. The predicted octanol–water partition coefficient (Wildman–Crippen LogP) is 2.28. The molecule has 0 bridgehead atoms. The van der Waals surface area contributed by atoms with E-state index in [1.54, 1.807) is 6.20 Å². The first-order chi connectivity index (χ1) is 7.25. The predicted molar refractivity (Wildman–Crippen MR) is 63.2 cm³/mol. The van der Waals surface area contributed by atoms with Gasteiger partial charge in [-0.2, -0.15) is 0 Å². The Bertz CT molecular complexity index is 337. The number of nitrogens with one attached hydrogen (secondary N) is 1. The van der Waals surface area contributed by atoms with Crippen LogP contribution < -0.4 is 10.1 Å². The molecule has 3 nitrogen and oxygen atoms in total. The number of halogens is 1. The first kappa shape index (κ1) is 10.9. The van der Waals surface area contributed by atoms with Crippen LogP contribution in [0, 0.1) is 6.92 Å². The van der Waals surface area contributed by atoms with Gasteiger partial charge in [-0.05, 0) is 48.3 Å². The van der Waals surface area contributed by atoms with Crippen molar-refractivity contribution in [2.45, 2.75) is 25.8 Å². The van der Waals surface area contributed by atoms with Gasteiger partial charge in [-0.15, -0.1) is 0 Å². The Labute approximate surface area is 98.4 Å². The highest BCUT2D eigenvalue weighted by molar-refractivity contribution is 9.10. The normalized spacial score (nSPS) is 20.5. The monoisotopic (exact) mass is 270 g/mol. The highest BCUT2D eigenvalue weighted by Crippen LogP contribution is 2.20. The van der Waals surface area contributed by atoms with E-state index >= 15 is 0 Å². The summed E-state index contributed by atoms with van der Waals surface area (Å²) in [7, 11) is 0. The molecule has 2 heterocycles. The first-order valence-corrected chi connectivity index (χ1v) is 6.03. The second kappa shape index (κ2) is 4.94. The molecule has 2 rings (SSSR count). The largest absolute Gasteiger partial charge is 0.490 e. The summed E-state index contributed by atoms with van der Waals surface area (Å²) in [6.07, 6.45) is 4.24. The number of rotatable bonds is 3. The molecule has 0 saturated carbocycles. The molecule has 82 valence electrons. The molecule has 1 aliphatic rings. The number of ether oxygens (including phenoxy) is 1. The smallest absolute Gasteiger partial charge is 0.138 e. The van der Waals surface area contributed by atoms with Crippen LogP contribution in [0.15, 0.2) is 16.7 Å². The highest BCUT2D eigenvalue weighted by Gasteiger charge is 2.14. The van der Waals surface area contributed by atoms with Gasteiger partial charge in [0.2, 0.25) is 0 Å². The van der Waals surface area contributed by atoms with Crippen LogP contribution in [0.5, 0.6) is 5.75 Å². The summed E-state index contributed by atoms with van der Waals surface area (Å²) >= 11 is 3.44. The number of pyridine rings is 1. The van der Waals surface area contributed by atoms with Gasteiger partial charge in [0.25, 0.3) is 0 Å². The summed E-state index contributed by atoms with van der Waals surface area (Å²) in [5, 5.41) is 3.40. The minimum atomic E-state index is 0.505. The van der Waals surface area contributed by atoms with E-state index in [0.29, 0.717) is 6.04 Å². The molecule has 0 unspecified atom stereocenters. The summed E-state index contributed by atoms with van der Waals surface area (Å²) in [5.41, 5.74) is 0.987. The van der Waals surface area contributed by atoms with Crippen LogP contribution in [-0.4, -0.2) is 24.2 Å². The van der Waals surface area contributed by atoms with E-state index < -0.39 is 0 Å². The third-order valence-corrected chi connectivity index (χ3v) is 3.42. The topological polar surface area (TPSA) is 34.1 Å². The van der Waals surface area contributed by atoms with E-state index in [9.17, 15) is 0 Å². The lowest BCUT2D eigenvalue weighted by Gasteiger charge is -2.12. The molecule has 1 aromatic heterocycles. The van der Waals surface area contributed by atoms with Gasteiger partial charge >= 0.3 is 0 Å². The molecule has 0 radical (unpaired) electrons. The minimum absolute atomic E-state index is 0.505. The van der Waals surface area contributed by atoms with Crippen molar-refractivity contribution in [2.75, 3.05) is 13.2 Å². The first-order valence-electron chi connectivity index (χ1n) is 5.24. The standard InChI is InChI=1S/C11H15BrN2O/c1-8-11(12)5-10(6-14-8)15-7-9-3-2-4-13-9/h5-6,9,13H,2-4,7H2,1H3/t9-/m0/s1. The van der Waals surface area contributed by atoms with Crippen molar-refractivity contribution in [3.63, 3.8) is 0 Å². The zero-order valence-corrected chi connectivity index (χ0v) is 10.4. The van der Waals surface area contributed by atoms with Gasteiger partial charge in [-0.3, -0.25) is 4.98 Å². The second-order valence-electron chi connectivity index (χ2n) is 3.84. The molecule has 4 heteroatoms. The zero-order valence-electron chi connectivity index (χ0n) is 8.79. The van der Waals surface area contributed by atoms with Crippen molar-refractivity contribution >= 4 is 15.9 Å². The fraction of sp³-hybridized carbons (Fsp3) is 0.545. The third-order valence-electron chi connectivity index (χ3n) is 2.61. The maximum absolute atomic E-state index is 5.67. The van der Waals surface area contributed by atoms with Crippen molar-refractivity contribution in [3.05, 3.63) is 22.4 Å². The lowest BCUT2D eigenvalue weighted by Crippen LogP contribution is -2.28. The van der Waals surface area contributed by atoms with Gasteiger partial charge in [0.1, 0.15) is 12.4 Å². The molecule has 1 atom stereocenters. The van der Waals surface area contributed by atoms with E-state index in [-0.39, 0.29) is 0 Å². The lowest BCUT2D eigenvalue weighted by molar-refractivity contribution is 0.276. The Morgan fingerprint density at radius 3 is 3.20 bits per heavy atom. The van der Waals surface area contributed by atoms with Gasteiger partial charge in [0.05, 0.1) is 11.9 Å². The Morgan fingerprint density at radius 1 is 1.67 bits per heavy atom. The van der Waals surface area contributed by atoms with Gasteiger partial charge in [-0.25, -0.2) is 0 Å². The summed E-state index contributed by atoms with van der Waals surface area (Å²) in [6, 6.07) is 2.47. The summed E-state index contributed by atoms with van der Waals surface area (Å²) in [5.74, 6) is 0.834. The SMILES string of the molecule is Cc1ncc(OC[C@@H]2CCCN2)cc1Br. The molecule has 0 amide bonds. The average Bonchev–Trinajstić information content (AvgIpc) is 2.73. The van der Waals surface area contributed by atoms with Crippen LogP contribution >= 0.6 is 15.9 Å². The highest BCUT2D eigenvalue weighted by atomic mass is 79.9. The molecule has 1 fully saturated rings. The molecular weight excluding hydrogens is 256 g/mol. The Balaban J connectivity index is 1.90. The Kier molecular flexibility index (Phi) is 3.59. The van der Waals surface area contributed by atoms with E-state index in [1.165, 1.54) is 12.8 Å². The van der Waals surface area contributed by atoms with Gasteiger partial charge in [-0.1, -0.05) is 0 Å². The van der Waals surface area contributed by atoms with E-state index in [4.69, 9.17) is 4.74 Å². The van der Waals surface area contributed by atoms with Crippen LogP contribution in [0.25, 0.3) is 0 Å². The quantitative estimate of drug-likeness (QED) is 0.915. The van der Waals surface area contributed by atoms with Crippen LogP contribution in [0.1, 0.15) is 18.5 Å². The molecule has 1 aromatic rings. The number of aryl methyl sites for hydroxylation is 1. The van der Waals surface area contributed by atoms with Gasteiger partial charge in [0.15, 0.2) is 0 Å². The Hall–Kier alpha value is -0.610. The number of aromatic nitrogens is 1. The van der Waals surface area contributed by atoms with Crippen molar-refractivity contribution < 1.29 is 4.74 Å². The van der Waals surface area contributed by atoms with E-state index in [1.807, 2.05) is 13.0 Å². The van der Waals surface area contributed by atoms with Crippen LogP contribution in [0.4, 0.5) is 0 Å². The molecule has 15 heavy (non-hydrogen) atoms. The average molecular weight is 271 g/mol. The summed E-state index contributed by atoms with van der Waals surface area (Å²) in [6.45, 7) is 3.81. The van der Waals surface area contributed by atoms with Crippen LogP contribution in [0.2, 0.25) is 0 Å². The van der Waals surface area contributed by atoms with Gasteiger partial charge in [0, 0.05) is 10.5 Å². The molecule has 1 N–H and O–H groups in total. The molecule has 1 saturated heterocycles. The molecule has 1 aliphatic heterocycles. The van der Waals surface area contributed by atoms with Crippen molar-refractivity contribution in [2.24, 2.45) is 0 Å². The van der Waals surface area contributed by atoms with E-state index in [2.05, 4.69) is 26.2 Å². The lowest BCUT2D eigenvalue weighted by atomic mass is 10.2. The molecule has 0 spiro atoms. The molecule has 0 aromatic carbocycles. The number of nitrogens with zero attached hydrogens (tertiary/aromatic N) is 1. The summed E-state index contributed by atoms with van der Waals surface area (Å²) in [4.78, 5) is 4.23. The van der Waals surface area contributed by atoms with Crippen molar-refractivity contribution in [3.8, 4) is 5.75 Å². The van der Waals surface area contributed by atoms with Crippen LogP contribution in [-0.2, 0) is 0 Å². The fourth-order valence-electron chi connectivity index (χ4n) is 1.66. The maximum Gasteiger partial charge on any atom is 0.138 e.